The molecule has 0 saturated carbocycles. The Balaban J connectivity index is 2.17. The molecule has 1 aromatic carbocycles. The Bertz CT molecular complexity index is 578. The third-order valence-corrected chi connectivity index (χ3v) is 2.82. The predicted molar refractivity (Wildman–Crippen MR) is 67.7 cm³/mol. The van der Waals surface area contributed by atoms with Crippen molar-refractivity contribution in [2.24, 2.45) is 0 Å². The molecule has 0 radical (unpaired) electrons. The number of aromatic nitrogens is 1. The summed E-state index contributed by atoms with van der Waals surface area (Å²) in [6.45, 7) is 1.72. The number of hydrogen-bond acceptors (Lipinski definition) is 2. The molecule has 1 unspecified atom stereocenters. The molecule has 0 aliphatic heterocycles. The molecule has 0 saturated heterocycles. The van der Waals surface area contributed by atoms with Crippen molar-refractivity contribution >= 4 is 5.69 Å². The predicted octanol–water partition coefficient (Wildman–Crippen LogP) is 4.41. The van der Waals surface area contributed by atoms with E-state index in [-0.39, 0.29) is 6.04 Å². The van der Waals surface area contributed by atoms with Crippen LogP contribution in [-0.2, 0) is 6.18 Å². The standard InChI is InChI=1S/C14H12F4N2/c1-9(20-12-5-6-13(15)19-8-12)10-3-2-4-11(7-10)14(16,17)18/h2-9,20H,1H3. The van der Waals surface area contributed by atoms with E-state index < -0.39 is 17.7 Å². The number of alkyl halides is 3. The highest BCUT2D eigenvalue weighted by Crippen LogP contribution is 2.31. The molecule has 0 aliphatic rings. The molecule has 106 valence electrons. The van der Waals surface area contributed by atoms with Gasteiger partial charge in [0.25, 0.3) is 0 Å². The average molecular weight is 284 g/mol. The van der Waals surface area contributed by atoms with Crippen LogP contribution in [0, 0.1) is 5.95 Å². The molecule has 0 fully saturated rings. The summed E-state index contributed by atoms with van der Waals surface area (Å²) in [5, 5.41) is 2.97. The van der Waals surface area contributed by atoms with Crippen molar-refractivity contribution in [1.82, 2.24) is 4.98 Å². The number of pyridine rings is 1. The molecule has 1 N–H and O–H groups in total. The molecule has 1 atom stereocenters. The highest BCUT2D eigenvalue weighted by molar-refractivity contribution is 5.43. The van der Waals surface area contributed by atoms with Crippen LogP contribution in [0.3, 0.4) is 0 Å². The van der Waals surface area contributed by atoms with Crippen molar-refractivity contribution < 1.29 is 17.6 Å². The van der Waals surface area contributed by atoms with Gasteiger partial charge >= 0.3 is 6.18 Å². The molecule has 6 heteroatoms. The molecule has 0 amide bonds. The van der Waals surface area contributed by atoms with Gasteiger partial charge in [0.2, 0.25) is 5.95 Å². The average Bonchev–Trinajstić information content (AvgIpc) is 2.40. The number of hydrogen-bond donors (Lipinski definition) is 1. The number of anilines is 1. The van der Waals surface area contributed by atoms with Gasteiger partial charge in [-0.1, -0.05) is 12.1 Å². The van der Waals surface area contributed by atoms with E-state index in [2.05, 4.69) is 10.3 Å². The van der Waals surface area contributed by atoms with Crippen LogP contribution in [0.5, 0.6) is 0 Å². The van der Waals surface area contributed by atoms with E-state index in [0.717, 1.165) is 12.1 Å². The van der Waals surface area contributed by atoms with Crippen molar-refractivity contribution in [2.75, 3.05) is 5.32 Å². The number of nitrogens with zero attached hydrogens (tertiary/aromatic N) is 1. The number of nitrogens with one attached hydrogen (secondary N) is 1. The van der Waals surface area contributed by atoms with Gasteiger partial charge in [0.05, 0.1) is 17.4 Å². The summed E-state index contributed by atoms with van der Waals surface area (Å²) >= 11 is 0. The van der Waals surface area contributed by atoms with Crippen LogP contribution in [0.2, 0.25) is 0 Å². The first-order valence-corrected chi connectivity index (χ1v) is 5.91. The van der Waals surface area contributed by atoms with E-state index >= 15 is 0 Å². The van der Waals surface area contributed by atoms with Gasteiger partial charge < -0.3 is 5.32 Å². The molecule has 0 spiro atoms. The zero-order chi connectivity index (χ0) is 14.8. The number of rotatable bonds is 3. The van der Waals surface area contributed by atoms with Crippen LogP contribution < -0.4 is 5.32 Å². The largest absolute Gasteiger partial charge is 0.416 e. The fourth-order valence-electron chi connectivity index (χ4n) is 1.78. The Kier molecular flexibility index (Phi) is 3.92. The Morgan fingerprint density at radius 1 is 1.15 bits per heavy atom. The third-order valence-electron chi connectivity index (χ3n) is 2.82. The van der Waals surface area contributed by atoms with Crippen LogP contribution in [-0.4, -0.2) is 4.98 Å². The molecule has 1 aromatic heterocycles. The quantitative estimate of drug-likeness (QED) is 0.667. The highest BCUT2D eigenvalue weighted by atomic mass is 19.4. The van der Waals surface area contributed by atoms with Crippen molar-refractivity contribution in [2.45, 2.75) is 19.1 Å². The summed E-state index contributed by atoms with van der Waals surface area (Å²) < 4.78 is 50.6. The van der Waals surface area contributed by atoms with Gasteiger partial charge in [-0.3, -0.25) is 0 Å². The highest BCUT2D eigenvalue weighted by Gasteiger charge is 2.30. The van der Waals surface area contributed by atoms with E-state index in [1.54, 1.807) is 13.0 Å². The van der Waals surface area contributed by atoms with Gasteiger partial charge in [-0.25, -0.2) is 4.98 Å². The second kappa shape index (κ2) is 5.48. The minimum absolute atomic E-state index is 0.357. The molecule has 2 aromatic rings. The van der Waals surface area contributed by atoms with Crippen molar-refractivity contribution in [3.8, 4) is 0 Å². The molecular weight excluding hydrogens is 272 g/mol. The maximum Gasteiger partial charge on any atom is 0.416 e. The van der Waals surface area contributed by atoms with Gasteiger partial charge in [0.1, 0.15) is 0 Å². The van der Waals surface area contributed by atoms with Crippen LogP contribution >= 0.6 is 0 Å². The zero-order valence-electron chi connectivity index (χ0n) is 10.6. The number of benzene rings is 1. The summed E-state index contributed by atoms with van der Waals surface area (Å²) in [7, 11) is 0. The summed E-state index contributed by atoms with van der Waals surface area (Å²) in [5.41, 5.74) is 0.335. The van der Waals surface area contributed by atoms with E-state index in [4.69, 9.17) is 0 Å². The molecule has 20 heavy (non-hydrogen) atoms. The van der Waals surface area contributed by atoms with Crippen molar-refractivity contribution in [3.63, 3.8) is 0 Å². The smallest absolute Gasteiger partial charge is 0.377 e. The van der Waals surface area contributed by atoms with Gasteiger partial charge in [-0.15, -0.1) is 0 Å². The lowest BCUT2D eigenvalue weighted by molar-refractivity contribution is -0.137. The van der Waals surface area contributed by atoms with Gasteiger partial charge in [-0.05, 0) is 36.8 Å². The summed E-state index contributed by atoms with van der Waals surface area (Å²) in [6.07, 6.45) is -3.08. The molecule has 2 nitrogen and oxygen atoms in total. The molecular formula is C14H12F4N2. The maximum atomic E-state index is 12.7. The van der Waals surface area contributed by atoms with Crippen LogP contribution in [0.15, 0.2) is 42.6 Å². The van der Waals surface area contributed by atoms with Crippen molar-refractivity contribution in [3.05, 3.63) is 59.7 Å². The molecule has 0 aliphatic carbocycles. The van der Waals surface area contributed by atoms with Crippen LogP contribution in [0.4, 0.5) is 23.2 Å². The van der Waals surface area contributed by atoms with Gasteiger partial charge in [0, 0.05) is 6.04 Å². The van der Waals surface area contributed by atoms with Crippen LogP contribution in [0.1, 0.15) is 24.1 Å². The minimum Gasteiger partial charge on any atom is -0.377 e. The van der Waals surface area contributed by atoms with Crippen LogP contribution in [0.25, 0.3) is 0 Å². The monoisotopic (exact) mass is 284 g/mol. The molecule has 1 heterocycles. The summed E-state index contributed by atoms with van der Waals surface area (Å²) in [5.74, 6) is -0.609. The summed E-state index contributed by atoms with van der Waals surface area (Å²) in [4.78, 5) is 3.47. The van der Waals surface area contributed by atoms with Gasteiger partial charge in [-0.2, -0.15) is 17.6 Å². The first-order valence-electron chi connectivity index (χ1n) is 5.91. The Labute approximate surface area is 113 Å². The molecule has 0 bridgehead atoms. The first kappa shape index (κ1) is 14.3. The fraction of sp³-hybridized carbons (Fsp3) is 0.214. The van der Waals surface area contributed by atoms with E-state index in [9.17, 15) is 17.6 Å². The maximum absolute atomic E-state index is 12.7. The lowest BCUT2D eigenvalue weighted by Gasteiger charge is -2.17. The van der Waals surface area contributed by atoms with E-state index in [0.29, 0.717) is 11.3 Å². The normalized spacial score (nSPS) is 13.1. The van der Waals surface area contributed by atoms with E-state index in [1.165, 1.54) is 24.4 Å². The molecule has 2 rings (SSSR count). The second-order valence-electron chi connectivity index (χ2n) is 4.36. The topological polar surface area (TPSA) is 24.9 Å². The zero-order valence-corrected chi connectivity index (χ0v) is 10.6. The lowest BCUT2D eigenvalue weighted by Crippen LogP contribution is -2.10. The summed E-state index contributed by atoms with van der Waals surface area (Å²) in [6, 6.07) is 7.38. The van der Waals surface area contributed by atoms with Gasteiger partial charge in [0.15, 0.2) is 0 Å². The second-order valence-corrected chi connectivity index (χ2v) is 4.36. The first-order chi connectivity index (χ1) is 9.36. The lowest BCUT2D eigenvalue weighted by atomic mass is 10.0. The van der Waals surface area contributed by atoms with E-state index in [1.807, 2.05) is 0 Å². The fourth-order valence-corrected chi connectivity index (χ4v) is 1.78. The van der Waals surface area contributed by atoms with Crippen molar-refractivity contribution in [1.29, 1.82) is 0 Å². The third kappa shape index (κ3) is 3.46. The Morgan fingerprint density at radius 3 is 2.50 bits per heavy atom. The SMILES string of the molecule is CC(Nc1ccc(F)nc1)c1cccc(C(F)(F)F)c1. The Hall–Kier alpha value is -2.11. The Morgan fingerprint density at radius 2 is 1.90 bits per heavy atom. The minimum atomic E-state index is -4.37. The number of halogens is 4.